The first-order valence-corrected chi connectivity index (χ1v) is 10.9. The zero-order chi connectivity index (χ0) is 20.4. The maximum Gasteiger partial charge on any atom is 0.262 e. The molecule has 1 aliphatic heterocycles. The number of benzene rings is 1. The summed E-state index contributed by atoms with van der Waals surface area (Å²) in [5.74, 6) is -0.0218. The Hall–Kier alpha value is -2.62. The number of hydrogen-bond donors (Lipinski definition) is 1. The highest BCUT2D eigenvalue weighted by Gasteiger charge is 2.33. The minimum atomic E-state index is -3.62. The van der Waals surface area contributed by atoms with Crippen molar-refractivity contribution >= 4 is 10.0 Å². The maximum atomic E-state index is 12.9. The van der Waals surface area contributed by atoms with Gasteiger partial charge in [0.05, 0.1) is 30.5 Å². The van der Waals surface area contributed by atoms with Gasteiger partial charge in [0.25, 0.3) is 10.0 Å². The summed E-state index contributed by atoms with van der Waals surface area (Å²) < 4.78 is 29.0. The lowest BCUT2D eigenvalue weighted by atomic mass is 9.96. The Morgan fingerprint density at radius 2 is 2.00 bits per heavy atom. The smallest absolute Gasteiger partial charge is 0.262 e. The first-order valence-electron chi connectivity index (χ1n) is 9.47. The molecule has 2 aromatic heterocycles. The Morgan fingerprint density at radius 3 is 2.69 bits per heavy atom. The van der Waals surface area contributed by atoms with Crippen LogP contribution in [0.4, 0.5) is 0 Å². The van der Waals surface area contributed by atoms with Crippen molar-refractivity contribution in [1.29, 1.82) is 0 Å². The lowest BCUT2D eigenvalue weighted by Gasteiger charge is -2.31. The van der Waals surface area contributed by atoms with Crippen molar-refractivity contribution in [3.63, 3.8) is 0 Å². The van der Waals surface area contributed by atoms with Gasteiger partial charge in [-0.1, -0.05) is 24.3 Å². The fourth-order valence-electron chi connectivity index (χ4n) is 3.55. The highest BCUT2D eigenvalue weighted by atomic mass is 32.2. The lowest BCUT2D eigenvalue weighted by Crippen LogP contribution is -2.39. The number of sulfonamides is 1. The fraction of sp³-hybridized carbons (Fsp3) is 0.350. The molecular weight excluding hydrogens is 390 g/mol. The van der Waals surface area contributed by atoms with Gasteiger partial charge < -0.3 is 9.67 Å². The van der Waals surface area contributed by atoms with Crippen molar-refractivity contribution in [3.05, 3.63) is 60.4 Å². The average molecular weight is 414 g/mol. The molecule has 29 heavy (non-hydrogen) atoms. The van der Waals surface area contributed by atoms with E-state index in [2.05, 4.69) is 9.97 Å². The number of rotatable bonds is 5. The first-order chi connectivity index (χ1) is 14.0. The van der Waals surface area contributed by atoms with Gasteiger partial charge in [0.15, 0.2) is 5.03 Å². The topological polar surface area (TPSA) is 101 Å². The summed E-state index contributed by atoms with van der Waals surface area (Å²) in [7, 11) is -1.87. The Bertz CT molecular complexity index is 1100. The normalized spacial score (nSPS) is 18.1. The van der Waals surface area contributed by atoms with Crippen LogP contribution < -0.4 is 0 Å². The van der Waals surface area contributed by atoms with Crippen LogP contribution in [0.1, 0.15) is 30.0 Å². The molecule has 152 valence electrons. The second-order valence-corrected chi connectivity index (χ2v) is 9.15. The van der Waals surface area contributed by atoms with Crippen molar-refractivity contribution in [3.8, 4) is 11.3 Å². The molecule has 1 aromatic carbocycles. The molecule has 0 aliphatic carbocycles. The van der Waals surface area contributed by atoms with Crippen LogP contribution in [-0.4, -0.2) is 50.4 Å². The summed E-state index contributed by atoms with van der Waals surface area (Å²) in [5, 5.41) is 9.27. The van der Waals surface area contributed by atoms with Crippen molar-refractivity contribution in [2.75, 3.05) is 13.1 Å². The molecule has 1 atom stereocenters. The number of piperidine rings is 1. The molecule has 1 fully saturated rings. The van der Waals surface area contributed by atoms with Crippen molar-refractivity contribution in [1.82, 2.24) is 23.8 Å². The predicted octanol–water partition coefficient (Wildman–Crippen LogP) is 1.94. The molecule has 8 nitrogen and oxygen atoms in total. The molecule has 1 unspecified atom stereocenters. The minimum Gasteiger partial charge on any atom is -0.392 e. The molecular formula is C20H23N5O3S. The van der Waals surface area contributed by atoms with Crippen molar-refractivity contribution in [2.24, 2.45) is 7.05 Å². The zero-order valence-electron chi connectivity index (χ0n) is 16.1. The Morgan fingerprint density at radius 1 is 1.21 bits per heavy atom. The third kappa shape index (κ3) is 4.07. The molecule has 3 heterocycles. The Balaban J connectivity index is 1.57. The quantitative estimate of drug-likeness (QED) is 0.686. The van der Waals surface area contributed by atoms with E-state index in [0.717, 1.165) is 35.4 Å². The Kier molecular flexibility index (Phi) is 5.44. The molecule has 1 saturated heterocycles. The average Bonchev–Trinajstić information content (AvgIpc) is 3.21. The monoisotopic (exact) mass is 413 g/mol. The van der Waals surface area contributed by atoms with Gasteiger partial charge in [-0.3, -0.25) is 4.98 Å². The van der Waals surface area contributed by atoms with Gasteiger partial charge in [0.2, 0.25) is 0 Å². The second kappa shape index (κ2) is 8.02. The number of aromatic nitrogens is 4. The number of aliphatic hydroxyl groups excluding tert-OH is 1. The van der Waals surface area contributed by atoms with E-state index in [1.54, 1.807) is 24.0 Å². The van der Waals surface area contributed by atoms with Gasteiger partial charge in [0, 0.05) is 44.0 Å². The molecule has 1 aliphatic rings. The lowest BCUT2D eigenvalue weighted by molar-refractivity contribution is 0.282. The van der Waals surface area contributed by atoms with Gasteiger partial charge in [-0.2, -0.15) is 4.31 Å². The molecule has 0 saturated carbocycles. The molecule has 0 radical (unpaired) electrons. The number of nitrogens with zero attached hydrogens (tertiary/aromatic N) is 5. The van der Waals surface area contributed by atoms with Gasteiger partial charge >= 0.3 is 0 Å². The van der Waals surface area contributed by atoms with Crippen LogP contribution >= 0.6 is 0 Å². The van der Waals surface area contributed by atoms with Crippen LogP contribution in [0.25, 0.3) is 11.3 Å². The molecule has 0 amide bonds. The van der Waals surface area contributed by atoms with Crippen LogP contribution in [0, 0.1) is 0 Å². The highest BCUT2D eigenvalue weighted by Crippen LogP contribution is 2.30. The number of aryl methyl sites for hydroxylation is 1. The van der Waals surface area contributed by atoms with Crippen LogP contribution in [-0.2, 0) is 23.7 Å². The summed E-state index contributed by atoms with van der Waals surface area (Å²) in [6, 6.07) is 7.51. The van der Waals surface area contributed by atoms with Gasteiger partial charge in [-0.25, -0.2) is 18.4 Å². The Labute approximate surface area is 169 Å². The van der Waals surface area contributed by atoms with Gasteiger partial charge in [-0.05, 0) is 18.4 Å². The van der Waals surface area contributed by atoms with Crippen LogP contribution in [0.5, 0.6) is 0 Å². The summed E-state index contributed by atoms with van der Waals surface area (Å²) in [5.41, 5.74) is 3.26. The standard InChI is InChI=1S/C20H23N5O3S/c1-24-12-20(22-14-24)29(27,28)25-8-2-3-17(11-25)19-10-21-9-18(23-19)16-6-4-15(13-26)5-7-16/h4-7,9-10,12,14,17,26H,2-3,8,11,13H2,1H3. The zero-order valence-corrected chi connectivity index (χ0v) is 17.0. The van der Waals surface area contributed by atoms with E-state index in [4.69, 9.17) is 4.98 Å². The van der Waals surface area contributed by atoms with Gasteiger partial charge in [0.1, 0.15) is 0 Å². The third-order valence-electron chi connectivity index (χ3n) is 5.17. The molecule has 0 bridgehead atoms. The van der Waals surface area contributed by atoms with Crippen LogP contribution in [0.15, 0.2) is 54.2 Å². The van der Waals surface area contributed by atoms with E-state index in [1.165, 1.54) is 16.8 Å². The van der Waals surface area contributed by atoms with E-state index in [9.17, 15) is 13.5 Å². The van der Waals surface area contributed by atoms with Crippen LogP contribution in [0.2, 0.25) is 0 Å². The minimum absolute atomic E-state index is 0.00531. The summed E-state index contributed by atoms with van der Waals surface area (Å²) in [6.45, 7) is 0.834. The van der Waals surface area contributed by atoms with Crippen LogP contribution in [0.3, 0.4) is 0 Å². The molecule has 4 rings (SSSR count). The van der Waals surface area contributed by atoms with Gasteiger partial charge in [-0.15, -0.1) is 0 Å². The fourth-order valence-corrected chi connectivity index (χ4v) is 5.04. The number of hydrogen-bond acceptors (Lipinski definition) is 6. The highest BCUT2D eigenvalue weighted by molar-refractivity contribution is 7.89. The SMILES string of the molecule is Cn1cnc(S(=O)(=O)N2CCCC(c3cncc(-c4ccc(CO)cc4)n3)C2)c1. The molecule has 3 aromatic rings. The maximum absolute atomic E-state index is 12.9. The third-order valence-corrected chi connectivity index (χ3v) is 6.92. The largest absolute Gasteiger partial charge is 0.392 e. The van der Waals surface area contributed by atoms with E-state index in [1.807, 2.05) is 24.3 Å². The van der Waals surface area contributed by atoms with E-state index < -0.39 is 10.0 Å². The van der Waals surface area contributed by atoms with Crippen molar-refractivity contribution < 1.29 is 13.5 Å². The number of aliphatic hydroxyl groups is 1. The summed E-state index contributed by atoms with van der Waals surface area (Å²) >= 11 is 0. The van der Waals surface area contributed by atoms with E-state index >= 15 is 0 Å². The van der Waals surface area contributed by atoms with E-state index in [0.29, 0.717) is 13.1 Å². The molecule has 1 N–H and O–H groups in total. The second-order valence-electron chi connectivity index (χ2n) is 7.26. The predicted molar refractivity (Wildman–Crippen MR) is 107 cm³/mol. The molecule has 0 spiro atoms. The summed E-state index contributed by atoms with van der Waals surface area (Å²) in [6.07, 6.45) is 8.04. The number of imidazole rings is 1. The molecule has 9 heteroatoms. The first kappa shape index (κ1) is 19.7. The van der Waals surface area contributed by atoms with E-state index in [-0.39, 0.29) is 17.6 Å². The van der Waals surface area contributed by atoms with Crippen molar-refractivity contribution in [2.45, 2.75) is 30.4 Å². The summed E-state index contributed by atoms with van der Waals surface area (Å²) in [4.78, 5) is 13.1.